The average Bonchev–Trinajstić information content (AvgIpc) is 2.92. The van der Waals surface area contributed by atoms with Gasteiger partial charge >= 0.3 is 0 Å². The Morgan fingerprint density at radius 3 is 2.79 bits per heavy atom. The monoisotopic (exact) mass is 300 g/mol. The molecule has 2 aromatic rings. The SMILES string of the molecule is NCCc1c(N2CCS(=O)(=O)CC2)nc2sccn12. The minimum atomic E-state index is -2.86. The molecule has 19 heavy (non-hydrogen) atoms. The van der Waals surface area contributed by atoms with Crippen LogP contribution in [0.2, 0.25) is 0 Å². The Morgan fingerprint density at radius 2 is 2.11 bits per heavy atom. The maximum absolute atomic E-state index is 11.5. The minimum Gasteiger partial charge on any atom is -0.353 e. The first-order valence-electron chi connectivity index (χ1n) is 6.20. The molecule has 2 N–H and O–H groups in total. The Kier molecular flexibility index (Phi) is 3.23. The van der Waals surface area contributed by atoms with Crippen molar-refractivity contribution in [2.24, 2.45) is 5.73 Å². The van der Waals surface area contributed by atoms with Crippen LogP contribution in [0.3, 0.4) is 0 Å². The second-order valence-electron chi connectivity index (χ2n) is 4.62. The smallest absolute Gasteiger partial charge is 0.195 e. The fourth-order valence-corrected chi connectivity index (χ4v) is 4.30. The Balaban J connectivity index is 1.95. The zero-order valence-corrected chi connectivity index (χ0v) is 12.1. The number of nitrogens with two attached hydrogens (primary N) is 1. The molecule has 1 aliphatic heterocycles. The van der Waals surface area contributed by atoms with Gasteiger partial charge in [-0.25, -0.2) is 13.4 Å². The van der Waals surface area contributed by atoms with E-state index in [1.54, 1.807) is 11.3 Å². The van der Waals surface area contributed by atoms with Gasteiger partial charge in [0.2, 0.25) is 0 Å². The number of rotatable bonds is 3. The van der Waals surface area contributed by atoms with E-state index >= 15 is 0 Å². The zero-order chi connectivity index (χ0) is 13.5. The minimum absolute atomic E-state index is 0.209. The van der Waals surface area contributed by atoms with Crippen molar-refractivity contribution in [1.29, 1.82) is 0 Å². The van der Waals surface area contributed by atoms with Crippen LogP contribution < -0.4 is 10.6 Å². The summed E-state index contributed by atoms with van der Waals surface area (Å²) in [6.45, 7) is 1.60. The van der Waals surface area contributed by atoms with Gasteiger partial charge in [0.05, 0.1) is 17.2 Å². The number of anilines is 1. The van der Waals surface area contributed by atoms with Crippen molar-refractivity contribution >= 4 is 32.0 Å². The summed E-state index contributed by atoms with van der Waals surface area (Å²) in [6, 6.07) is 0. The van der Waals surface area contributed by atoms with Crippen molar-refractivity contribution < 1.29 is 8.42 Å². The summed E-state index contributed by atoms with van der Waals surface area (Å²) in [6.07, 6.45) is 2.73. The molecular weight excluding hydrogens is 284 g/mol. The second-order valence-corrected chi connectivity index (χ2v) is 7.79. The Hall–Kier alpha value is -1.12. The van der Waals surface area contributed by atoms with Gasteiger partial charge in [0, 0.05) is 31.1 Å². The normalized spacial score (nSPS) is 19.1. The molecule has 0 atom stereocenters. The summed E-state index contributed by atoms with van der Waals surface area (Å²) in [5.41, 5.74) is 6.75. The van der Waals surface area contributed by atoms with Gasteiger partial charge in [0.15, 0.2) is 20.6 Å². The fourth-order valence-electron chi connectivity index (χ4n) is 2.37. The van der Waals surface area contributed by atoms with Crippen molar-refractivity contribution in [2.75, 3.05) is 36.0 Å². The lowest BCUT2D eigenvalue weighted by atomic mass is 10.3. The molecule has 3 heterocycles. The van der Waals surface area contributed by atoms with Crippen molar-refractivity contribution in [1.82, 2.24) is 9.38 Å². The highest BCUT2D eigenvalue weighted by Crippen LogP contribution is 2.26. The maximum Gasteiger partial charge on any atom is 0.195 e. The van der Waals surface area contributed by atoms with Crippen LogP contribution in [0.4, 0.5) is 5.82 Å². The Morgan fingerprint density at radius 1 is 1.37 bits per heavy atom. The van der Waals surface area contributed by atoms with Crippen LogP contribution in [-0.4, -0.2) is 48.9 Å². The summed E-state index contributed by atoms with van der Waals surface area (Å²) in [7, 11) is -2.86. The number of aromatic nitrogens is 2. The first-order chi connectivity index (χ1) is 9.11. The van der Waals surface area contributed by atoms with Crippen molar-refractivity contribution in [3.63, 3.8) is 0 Å². The van der Waals surface area contributed by atoms with Gasteiger partial charge < -0.3 is 10.6 Å². The summed E-state index contributed by atoms with van der Waals surface area (Å²) >= 11 is 1.58. The molecule has 6 nitrogen and oxygen atoms in total. The topological polar surface area (TPSA) is 80.7 Å². The van der Waals surface area contributed by atoms with E-state index in [1.807, 2.05) is 11.6 Å². The summed E-state index contributed by atoms with van der Waals surface area (Å²) in [5, 5.41) is 1.99. The van der Waals surface area contributed by atoms with Gasteiger partial charge in [-0.15, -0.1) is 11.3 Å². The zero-order valence-electron chi connectivity index (χ0n) is 10.4. The van der Waals surface area contributed by atoms with Crippen LogP contribution in [0.15, 0.2) is 11.6 Å². The molecule has 1 aliphatic rings. The molecule has 0 spiro atoms. The lowest BCUT2D eigenvalue weighted by Crippen LogP contribution is -2.41. The number of sulfone groups is 1. The Bertz CT molecular complexity index is 675. The number of hydrogen-bond donors (Lipinski definition) is 1. The lowest BCUT2D eigenvalue weighted by molar-refractivity contribution is 0.586. The molecule has 8 heteroatoms. The maximum atomic E-state index is 11.5. The summed E-state index contributed by atoms with van der Waals surface area (Å²) in [4.78, 5) is 7.62. The Labute approximate surface area is 115 Å². The molecule has 0 radical (unpaired) electrons. The third kappa shape index (κ3) is 2.35. The standard InChI is InChI=1S/C11H16N4O2S2/c12-2-1-9-10(13-11-15(9)3-6-18-11)14-4-7-19(16,17)8-5-14/h3,6H,1-2,4-5,7-8,12H2. The van der Waals surface area contributed by atoms with Gasteiger partial charge in [-0.2, -0.15) is 0 Å². The number of imidazole rings is 1. The molecule has 1 saturated heterocycles. The molecule has 1 fully saturated rings. The van der Waals surface area contributed by atoms with Crippen LogP contribution in [0.5, 0.6) is 0 Å². The summed E-state index contributed by atoms with van der Waals surface area (Å²) < 4.78 is 25.0. The van der Waals surface area contributed by atoms with E-state index in [2.05, 4.69) is 14.3 Å². The van der Waals surface area contributed by atoms with Crippen LogP contribution >= 0.6 is 11.3 Å². The van der Waals surface area contributed by atoms with Gasteiger partial charge in [-0.1, -0.05) is 0 Å². The highest BCUT2D eigenvalue weighted by molar-refractivity contribution is 7.91. The van der Waals surface area contributed by atoms with E-state index < -0.39 is 9.84 Å². The van der Waals surface area contributed by atoms with Crippen molar-refractivity contribution in [3.8, 4) is 0 Å². The first kappa shape index (κ1) is 12.9. The first-order valence-corrected chi connectivity index (χ1v) is 8.91. The third-order valence-corrected chi connectivity index (χ3v) is 5.73. The van der Waals surface area contributed by atoms with Crippen molar-refractivity contribution in [3.05, 3.63) is 17.3 Å². The van der Waals surface area contributed by atoms with E-state index in [-0.39, 0.29) is 11.5 Å². The second kappa shape index (κ2) is 4.77. The number of hydrogen-bond acceptors (Lipinski definition) is 6. The number of thiazole rings is 1. The molecule has 0 amide bonds. The molecule has 104 valence electrons. The molecule has 0 aliphatic carbocycles. The van der Waals surface area contributed by atoms with Crippen LogP contribution in [0, 0.1) is 0 Å². The lowest BCUT2D eigenvalue weighted by Gasteiger charge is -2.27. The van der Waals surface area contributed by atoms with E-state index in [1.165, 1.54) is 0 Å². The molecule has 2 aromatic heterocycles. The van der Waals surface area contributed by atoms with Gasteiger partial charge in [0.25, 0.3) is 0 Å². The predicted octanol–water partition coefficient (Wildman–Crippen LogP) is 0.132. The van der Waals surface area contributed by atoms with E-state index in [4.69, 9.17) is 5.73 Å². The van der Waals surface area contributed by atoms with Gasteiger partial charge in [0.1, 0.15) is 0 Å². The van der Waals surface area contributed by atoms with E-state index in [9.17, 15) is 8.42 Å². The van der Waals surface area contributed by atoms with Crippen LogP contribution in [0.1, 0.15) is 5.69 Å². The highest BCUT2D eigenvalue weighted by atomic mass is 32.2. The van der Waals surface area contributed by atoms with Crippen LogP contribution in [-0.2, 0) is 16.3 Å². The number of nitrogens with zero attached hydrogens (tertiary/aromatic N) is 3. The molecular formula is C11H16N4O2S2. The van der Waals surface area contributed by atoms with Crippen LogP contribution in [0.25, 0.3) is 4.96 Å². The largest absolute Gasteiger partial charge is 0.353 e. The molecule has 0 aromatic carbocycles. The van der Waals surface area contributed by atoms with E-state index in [0.717, 1.165) is 22.9 Å². The molecule has 0 unspecified atom stereocenters. The molecule has 0 bridgehead atoms. The van der Waals surface area contributed by atoms with E-state index in [0.29, 0.717) is 19.6 Å². The fraction of sp³-hybridized carbons (Fsp3) is 0.545. The van der Waals surface area contributed by atoms with Crippen molar-refractivity contribution in [2.45, 2.75) is 6.42 Å². The van der Waals surface area contributed by atoms with Gasteiger partial charge in [-0.3, -0.25) is 4.40 Å². The third-order valence-electron chi connectivity index (χ3n) is 3.37. The number of fused-ring (bicyclic) bond motifs is 1. The quantitative estimate of drug-likeness (QED) is 0.871. The molecule has 0 saturated carbocycles. The molecule has 3 rings (SSSR count). The average molecular weight is 300 g/mol. The predicted molar refractivity (Wildman–Crippen MR) is 76.7 cm³/mol. The van der Waals surface area contributed by atoms with Gasteiger partial charge in [-0.05, 0) is 6.54 Å². The summed E-state index contributed by atoms with van der Waals surface area (Å²) in [5.74, 6) is 1.31. The highest BCUT2D eigenvalue weighted by Gasteiger charge is 2.26.